The minimum absolute atomic E-state index is 0.0842. The first-order chi connectivity index (χ1) is 8.52. The van der Waals surface area contributed by atoms with E-state index in [1.807, 2.05) is 0 Å². The smallest absolute Gasteiger partial charge is 0.323 e. The Morgan fingerprint density at radius 1 is 1.33 bits per heavy atom. The zero-order valence-corrected chi connectivity index (χ0v) is 10.4. The van der Waals surface area contributed by atoms with Crippen LogP contribution in [-0.2, 0) is 9.59 Å². The molecule has 1 rings (SSSR count). The summed E-state index contributed by atoms with van der Waals surface area (Å²) < 4.78 is 0. The Bertz CT molecular complexity index is 328. The Morgan fingerprint density at radius 2 is 2.00 bits per heavy atom. The van der Waals surface area contributed by atoms with Gasteiger partial charge in [0.2, 0.25) is 5.91 Å². The number of rotatable bonds is 7. The largest absolute Gasteiger partial charge is 0.480 e. The zero-order chi connectivity index (χ0) is 13.5. The Balaban J connectivity index is 2.17. The maximum Gasteiger partial charge on any atom is 0.323 e. The monoisotopic (exact) mass is 257 g/mol. The molecule has 18 heavy (non-hydrogen) atoms. The molecule has 0 saturated heterocycles. The van der Waals surface area contributed by atoms with Crippen LogP contribution in [-0.4, -0.2) is 53.6 Å². The minimum atomic E-state index is -1.06. The van der Waals surface area contributed by atoms with Gasteiger partial charge in [0, 0.05) is 25.6 Å². The van der Waals surface area contributed by atoms with E-state index in [2.05, 4.69) is 10.6 Å². The van der Waals surface area contributed by atoms with Crippen molar-refractivity contribution in [1.29, 1.82) is 0 Å². The number of amides is 3. The van der Waals surface area contributed by atoms with Crippen LogP contribution in [0.15, 0.2) is 0 Å². The summed E-state index contributed by atoms with van der Waals surface area (Å²) in [5, 5.41) is 13.9. The number of nitrogens with zero attached hydrogens (tertiary/aromatic N) is 1. The second-order valence-electron chi connectivity index (χ2n) is 4.23. The van der Waals surface area contributed by atoms with Crippen LogP contribution in [0.5, 0.6) is 0 Å². The lowest BCUT2D eigenvalue weighted by atomic mass is 10.4. The highest BCUT2D eigenvalue weighted by Crippen LogP contribution is 2.18. The molecule has 102 valence electrons. The van der Waals surface area contributed by atoms with E-state index in [1.165, 1.54) is 4.90 Å². The highest BCUT2D eigenvalue weighted by Gasteiger charge is 2.23. The van der Waals surface area contributed by atoms with Crippen LogP contribution in [0.25, 0.3) is 0 Å². The van der Waals surface area contributed by atoms with Crippen LogP contribution in [0.4, 0.5) is 4.79 Å². The predicted molar refractivity (Wildman–Crippen MR) is 64.1 cm³/mol. The number of aliphatic carboxylic acids is 1. The van der Waals surface area contributed by atoms with Gasteiger partial charge in [0.25, 0.3) is 0 Å². The average Bonchev–Trinajstić information content (AvgIpc) is 3.09. The molecule has 1 aliphatic carbocycles. The van der Waals surface area contributed by atoms with Gasteiger partial charge in [0.15, 0.2) is 0 Å². The van der Waals surface area contributed by atoms with Crippen molar-refractivity contribution in [3.05, 3.63) is 0 Å². The average molecular weight is 257 g/mol. The molecule has 1 aliphatic rings. The second kappa shape index (κ2) is 6.83. The summed E-state index contributed by atoms with van der Waals surface area (Å²) in [5.74, 6) is -1.14. The molecule has 3 amide bonds. The molecule has 0 spiro atoms. The third-order valence-electron chi connectivity index (χ3n) is 2.57. The molecule has 0 aromatic rings. The molecule has 0 bridgehead atoms. The van der Waals surface area contributed by atoms with E-state index in [1.54, 1.807) is 6.92 Å². The number of likely N-dealkylation sites (N-methyl/N-ethyl adjacent to an activating group) is 1. The van der Waals surface area contributed by atoms with Gasteiger partial charge >= 0.3 is 12.0 Å². The molecular formula is C11H19N3O4. The van der Waals surface area contributed by atoms with Crippen LogP contribution in [0.1, 0.15) is 26.2 Å². The number of carbonyl (C=O) groups is 3. The van der Waals surface area contributed by atoms with E-state index in [0.717, 1.165) is 12.8 Å². The van der Waals surface area contributed by atoms with E-state index in [0.29, 0.717) is 12.6 Å². The number of hydrogen-bond donors (Lipinski definition) is 3. The molecular weight excluding hydrogens is 238 g/mol. The fourth-order valence-corrected chi connectivity index (χ4v) is 1.41. The number of urea groups is 1. The summed E-state index contributed by atoms with van der Waals surface area (Å²) in [6.45, 7) is 1.89. The first-order valence-corrected chi connectivity index (χ1v) is 6.06. The highest BCUT2D eigenvalue weighted by molar-refractivity contribution is 5.81. The second-order valence-corrected chi connectivity index (χ2v) is 4.23. The van der Waals surface area contributed by atoms with Crippen LogP contribution < -0.4 is 10.6 Å². The summed E-state index contributed by atoms with van der Waals surface area (Å²) in [5.41, 5.74) is 0. The standard InChI is InChI=1S/C11H19N3O4/c1-2-14(7-10(16)17)11(18)12-6-5-9(15)13-8-3-4-8/h8H,2-7H2,1H3,(H,12,18)(H,13,15)(H,16,17). The first-order valence-electron chi connectivity index (χ1n) is 6.06. The molecule has 0 atom stereocenters. The van der Waals surface area contributed by atoms with E-state index < -0.39 is 12.0 Å². The lowest BCUT2D eigenvalue weighted by molar-refractivity contribution is -0.137. The Kier molecular flexibility index (Phi) is 5.41. The van der Waals surface area contributed by atoms with Crippen molar-refractivity contribution < 1.29 is 19.5 Å². The fraction of sp³-hybridized carbons (Fsp3) is 0.727. The van der Waals surface area contributed by atoms with Crippen molar-refractivity contribution in [2.45, 2.75) is 32.2 Å². The fourth-order valence-electron chi connectivity index (χ4n) is 1.41. The molecule has 1 saturated carbocycles. The van der Waals surface area contributed by atoms with Gasteiger partial charge in [-0.1, -0.05) is 0 Å². The summed E-state index contributed by atoms with van der Waals surface area (Å²) in [6, 6.07) is -0.147. The lowest BCUT2D eigenvalue weighted by Crippen LogP contribution is -2.43. The van der Waals surface area contributed by atoms with Crippen molar-refractivity contribution in [3.8, 4) is 0 Å². The molecule has 0 aromatic carbocycles. The summed E-state index contributed by atoms with van der Waals surface area (Å²) in [6.07, 6.45) is 2.27. The minimum Gasteiger partial charge on any atom is -0.480 e. The maximum atomic E-state index is 11.5. The van der Waals surface area contributed by atoms with Gasteiger partial charge in [-0.05, 0) is 19.8 Å². The summed E-state index contributed by atoms with van der Waals surface area (Å²) in [7, 11) is 0. The number of hydrogen-bond acceptors (Lipinski definition) is 3. The molecule has 0 aromatic heterocycles. The van der Waals surface area contributed by atoms with Gasteiger partial charge in [-0.15, -0.1) is 0 Å². The van der Waals surface area contributed by atoms with Gasteiger partial charge in [-0.2, -0.15) is 0 Å². The van der Waals surface area contributed by atoms with Crippen molar-refractivity contribution in [2.75, 3.05) is 19.6 Å². The molecule has 0 unspecified atom stereocenters. The van der Waals surface area contributed by atoms with E-state index in [9.17, 15) is 14.4 Å². The molecule has 0 radical (unpaired) electrons. The Morgan fingerprint density at radius 3 is 2.50 bits per heavy atom. The van der Waals surface area contributed by atoms with Gasteiger partial charge in [-0.3, -0.25) is 9.59 Å². The Hall–Kier alpha value is -1.79. The molecule has 1 fully saturated rings. The molecule has 7 heteroatoms. The number of nitrogens with one attached hydrogen (secondary N) is 2. The predicted octanol–water partition coefficient (Wildman–Crippen LogP) is -0.229. The maximum absolute atomic E-state index is 11.5. The van der Waals surface area contributed by atoms with E-state index >= 15 is 0 Å². The number of carbonyl (C=O) groups excluding carboxylic acids is 2. The number of carboxylic acid groups (broad SMARTS) is 1. The van der Waals surface area contributed by atoms with Crippen LogP contribution in [0.2, 0.25) is 0 Å². The molecule has 0 heterocycles. The molecule has 3 N–H and O–H groups in total. The quantitative estimate of drug-likeness (QED) is 0.586. The summed E-state index contributed by atoms with van der Waals surface area (Å²) >= 11 is 0. The lowest BCUT2D eigenvalue weighted by Gasteiger charge is -2.18. The van der Waals surface area contributed by atoms with Crippen molar-refractivity contribution >= 4 is 17.9 Å². The van der Waals surface area contributed by atoms with Crippen molar-refractivity contribution in [1.82, 2.24) is 15.5 Å². The van der Waals surface area contributed by atoms with Gasteiger partial charge in [-0.25, -0.2) is 4.79 Å². The molecule has 7 nitrogen and oxygen atoms in total. The normalized spacial score (nSPS) is 13.8. The zero-order valence-electron chi connectivity index (χ0n) is 10.4. The third kappa shape index (κ3) is 5.51. The topological polar surface area (TPSA) is 98.7 Å². The number of carboxylic acids is 1. The van der Waals surface area contributed by atoms with Crippen molar-refractivity contribution in [2.24, 2.45) is 0 Å². The van der Waals surface area contributed by atoms with Gasteiger partial charge in [0.05, 0.1) is 0 Å². The molecule has 0 aliphatic heterocycles. The van der Waals surface area contributed by atoms with E-state index in [4.69, 9.17) is 5.11 Å². The van der Waals surface area contributed by atoms with Gasteiger partial charge < -0.3 is 20.6 Å². The van der Waals surface area contributed by atoms with Gasteiger partial charge in [0.1, 0.15) is 6.54 Å². The van der Waals surface area contributed by atoms with Crippen molar-refractivity contribution in [3.63, 3.8) is 0 Å². The van der Waals surface area contributed by atoms with Crippen LogP contribution in [0.3, 0.4) is 0 Å². The SMILES string of the molecule is CCN(CC(=O)O)C(=O)NCCC(=O)NC1CC1. The highest BCUT2D eigenvalue weighted by atomic mass is 16.4. The van der Waals surface area contributed by atoms with E-state index in [-0.39, 0.29) is 25.4 Å². The first kappa shape index (κ1) is 14.3. The van der Waals surface area contributed by atoms with Crippen LogP contribution in [0, 0.1) is 0 Å². The third-order valence-corrected chi connectivity index (χ3v) is 2.57. The van der Waals surface area contributed by atoms with Crippen LogP contribution >= 0.6 is 0 Å². The Labute approximate surface area is 106 Å². The summed E-state index contributed by atoms with van der Waals surface area (Å²) in [4.78, 5) is 34.5.